The average Bonchev–Trinajstić information content (AvgIpc) is 3.77. The van der Waals surface area contributed by atoms with Crippen LogP contribution in [-0.4, -0.2) is 19.1 Å². The van der Waals surface area contributed by atoms with Crippen molar-refractivity contribution in [2.45, 2.75) is 19.3 Å². The van der Waals surface area contributed by atoms with Gasteiger partial charge in [0.25, 0.3) is 0 Å². The van der Waals surface area contributed by atoms with Crippen LogP contribution >= 0.6 is 0 Å². The predicted octanol–water partition coefficient (Wildman–Crippen LogP) is 11.8. The van der Waals surface area contributed by atoms with Gasteiger partial charge in [0.15, 0.2) is 5.82 Å². The van der Waals surface area contributed by atoms with Gasteiger partial charge in [-0.1, -0.05) is 129 Å². The zero-order valence-corrected chi connectivity index (χ0v) is 28.3. The SMILES string of the molecule is CC1(C)c2ccccc2-c2c1ccc1c2c2ccc(-n3c4ccccc4c4ccccc43)cc2n1-c1nc(-c2ccccc2)nc2ccccc12. The maximum absolute atomic E-state index is 5.42. The van der Waals surface area contributed by atoms with Gasteiger partial charge in [0.1, 0.15) is 5.82 Å². The normalized spacial score (nSPS) is 13.5. The molecule has 10 aromatic rings. The van der Waals surface area contributed by atoms with E-state index in [1.807, 2.05) is 6.07 Å². The molecule has 0 N–H and O–H groups in total. The lowest BCUT2D eigenvalue weighted by atomic mass is 9.82. The smallest absolute Gasteiger partial charge is 0.162 e. The van der Waals surface area contributed by atoms with Crippen molar-refractivity contribution in [3.63, 3.8) is 0 Å². The molecule has 0 saturated carbocycles. The van der Waals surface area contributed by atoms with Gasteiger partial charge >= 0.3 is 0 Å². The Morgan fingerprint density at radius 2 is 1.14 bits per heavy atom. The predicted molar refractivity (Wildman–Crippen MR) is 211 cm³/mol. The van der Waals surface area contributed by atoms with Crippen LogP contribution in [-0.2, 0) is 5.41 Å². The molecule has 0 atom stereocenters. The Labute approximate surface area is 294 Å². The van der Waals surface area contributed by atoms with E-state index in [1.165, 1.54) is 54.8 Å². The zero-order valence-electron chi connectivity index (χ0n) is 28.3. The summed E-state index contributed by atoms with van der Waals surface area (Å²) in [5.41, 5.74) is 12.9. The first kappa shape index (κ1) is 28.3. The first-order chi connectivity index (χ1) is 25.1. The molecule has 0 fully saturated rings. The Bertz CT molecular complexity index is 3000. The Balaban J connectivity index is 1.31. The molecule has 11 rings (SSSR count). The van der Waals surface area contributed by atoms with Crippen molar-refractivity contribution in [1.29, 1.82) is 0 Å². The number of para-hydroxylation sites is 3. The molecule has 4 heteroatoms. The van der Waals surface area contributed by atoms with E-state index < -0.39 is 0 Å². The van der Waals surface area contributed by atoms with Crippen molar-refractivity contribution in [2.24, 2.45) is 0 Å². The molecule has 3 aromatic heterocycles. The van der Waals surface area contributed by atoms with Gasteiger partial charge in [-0.05, 0) is 64.7 Å². The average molecular weight is 653 g/mol. The summed E-state index contributed by atoms with van der Waals surface area (Å²) in [5, 5.41) is 5.99. The fourth-order valence-electron chi connectivity index (χ4n) is 8.80. The summed E-state index contributed by atoms with van der Waals surface area (Å²) in [7, 11) is 0. The first-order valence-electron chi connectivity index (χ1n) is 17.6. The number of nitrogens with zero attached hydrogens (tertiary/aromatic N) is 4. The fraction of sp³-hybridized carbons (Fsp3) is 0.0638. The summed E-state index contributed by atoms with van der Waals surface area (Å²) in [5.74, 6) is 1.59. The molecule has 3 heterocycles. The highest BCUT2D eigenvalue weighted by atomic mass is 15.1. The second-order valence-corrected chi connectivity index (χ2v) is 14.2. The lowest BCUT2D eigenvalue weighted by molar-refractivity contribution is 0.661. The van der Waals surface area contributed by atoms with Crippen LogP contribution in [0.15, 0.2) is 158 Å². The highest BCUT2D eigenvalue weighted by Crippen LogP contribution is 2.53. The molecule has 7 aromatic carbocycles. The zero-order chi connectivity index (χ0) is 33.8. The quantitative estimate of drug-likeness (QED) is 0.190. The van der Waals surface area contributed by atoms with E-state index in [-0.39, 0.29) is 5.41 Å². The summed E-state index contributed by atoms with van der Waals surface area (Å²) in [6, 6.07) is 56.8. The van der Waals surface area contributed by atoms with E-state index in [2.05, 4.69) is 175 Å². The van der Waals surface area contributed by atoms with Crippen LogP contribution < -0.4 is 0 Å². The minimum Gasteiger partial charge on any atom is -0.309 e. The third kappa shape index (κ3) is 3.85. The first-order valence-corrected chi connectivity index (χ1v) is 17.6. The van der Waals surface area contributed by atoms with E-state index in [0.29, 0.717) is 5.82 Å². The van der Waals surface area contributed by atoms with E-state index in [1.54, 1.807) is 0 Å². The van der Waals surface area contributed by atoms with E-state index in [9.17, 15) is 0 Å². The third-order valence-corrected chi connectivity index (χ3v) is 11.1. The number of rotatable bonds is 3. The standard InChI is InChI=1S/C47H32N4/c1-47(2)36-20-10-6-18-33(36)43-37(47)26-27-41-44(43)35-25-24-30(50-39-22-12-8-16-31(39)32-17-9-13-23-40(32)50)28-42(35)51(41)46-34-19-7-11-21-38(34)48-45(49-46)29-14-4-3-5-15-29/h3-28H,1-2H3. The molecule has 0 amide bonds. The summed E-state index contributed by atoms with van der Waals surface area (Å²) in [6.07, 6.45) is 0. The van der Waals surface area contributed by atoms with Gasteiger partial charge in [0.2, 0.25) is 0 Å². The fourth-order valence-corrected chi connectivity index (χ4v) is 8.80. The Morgan fingerprint density at radius 1 is 0.471 bits per heavy atom. The highest BCUT2D eigenvalue weighted by molar-refractivity contribution is 6.19. The van der Waals surface area contributed by atoms with Gasteiger partial charge in [-0.15, -0.1) is 0 Å². The van der Waals surface area contributed by atoms with Gasteiger partial charge in [0, 0.05) is 43.6 Å². The molecular weight excluding hydrogens is 621 g/mol. The summed E-state index contributed by atoms with van der Waals surface area (Å²) >= 11 is 0. The van der Waals surface area contributed by atoms with Gasteiger partial charge < -0.3 is 4.57 Å². The number of benzene rings is 7. The van der Waals surface area contributed by atoms with Crippen molar-refractivity contribution in [3.05, 3.63) is 169 Å². The molecule has 0 aliphatic heterocycles. The maximum Gasteiger partial charge on any atom is 0.162 e. The van der Waals surface area contributed by atoms with E-state index in [0.717, 1.165) is 39.0 Å². The summed E-state index contributed by atoms with van der Waals surface area (Å²) in [6.45, 7) is 4.71. The maximum atomic E-state index is 5.42. The summed E-state index contributed by atoms with van der Waals surface area (Å²) < 4.78 is 4.80. The van der Waals surface area contributed by atoms with Gasteiger partial charge in [-0.25, -0.2) is 9.97 Å². The minimum absolute atomic E-state index is 0.112. The molecule has 0 spiro atoms. The lowest BCUT2D eigenvalue weighted by Crippen LogP contribution is -2.14. The largest absolute Gasteiger partial charge is 0.309 e. The van der Waals surface area contributed by atoms with Crippen LogP contribution in [0.4, 0.5) is 0 Å². The number of aromatic nitrogens is 4. The number of fused-ring (bicyclic) bond motifs is 11. The molecular formula is C47H32N4. The third-order valence-electron chi connectivity index (χ3n) is 11.1. The van der Waals surface area contributed by atoms with E-state index in [4.69, 9.17) is 9.97 Å². The van der Waals surface area contributed by atoms with Crippen molar-refractivity contribution in [1.82, 2.24) is 19.1 Å². The Morgan fingerprint density at radius 3 is 1.92 bits per heavy atom. The minimum atomic E-state index is -0.112. The van der Waals surface area contributed by atoms with Gasteiger partial charge in [0.05, 0.1) is 27.6 Å². The molecule has 0 saturated heterocycles. The van der Waals surface area contributed by atoms with Crippen LogP contribution in [0.3, 0.4) is 0 Å². The molecule has 51 heavy (non-hydrogen) atoms. The molecule has 0 unspecified atom stereocenters. The van der Waals surface area contributed by atoms with Crippen molar-refractivity contribution >= 4 is 54.5 Å². The van der Waals surface area contributed by atoms with Crippen LogP contribution in [0.1, 0.15) is 25.0 Å². The molecule has 4 nitrogen and oxygen atoms in total. The van der Waals surface area contributed by atoms with E-state index >= 15 is 0 Å². The molecule has 1 aliphatic carbocycles. The van der Waals surface area contributed by atoms with Crippen molar-refractivity contribution in [2.75, 3.05) is 0 Å². The lowest BCUT2D eigenvalue weighted by Gasteiger charge is -2.21. The summed E-state index contributed by atoms with van der Waals surface area (Å²) in [4.78, 5) is 10.5. The number of hydrogen-bond acceptors (Lipinski definition) is 2. The monoisotopic (exact) mass is 652 g/mol. The van der Waals surface area contributed by atoms with Crippen LogP contribution in [0.5, 0.6) is 0 Å². The topological polar surface area (TPSA) is 35.6 Å². The second kappa shape index (κ2) is 10.3. The molecule has 0 bridgehead atoms. The van der Waals surface area contributed by atoms with Crippen LogP contribution in [0.25, 0.3) is 88.5 Å². The highest BCUT2D eigenvalue weighted by Gasteiger charge is 2.37. The van der Waals surface area contributed by atoms with Gasteiger partial charge in [-0.3, -0.25) is 4.57 Å². The molecule has 240 valence electrons. The van der Waals surface area contributed by atoms with Crippen LogP contribution in [0.2, 0.25) is 0 Å². The number of hydrogen-bond donors (Lipinski definition) is 0. The molecule has 1 aliphatic rings. The molecule has 0 radical (unpaired) electrons. The van der Waals surface area contributed by atoms with Gasteiger partial charge in [-0.2, -0.15) is 0 Å². The van der Waals surface area contributed by atoms with Crippen molar-refractivity contribution in [3.8, 4) is 34.0 Å². The Hall–Kier alpha value is -6.52. The Kier molecular flexibility index (Phi) is 5.70. The van der Waals surface area contributed by atoms with Crippen molar-refractivity contribution < 1.29 is 0 Å². The second-order valence-electron chi connectivity index (χ2n) is 14.2. The van der Waals surface area contributed by atoms with Crippen LogP contribution in [0, 0.1) is 0 Å².